The highest BCUT2D eigenvalue weighted by atomic mass is 79.9. The summed E-state index contributed by atoms with van der Waals surface area (Å²) in [5, 5.41) is 0. The van der Waals surface area contributed by atoms with Gasteiger partial charge in [0.15, 0.2) is 0 Å². The van der Waals surface area contributed by atoms with Crippen molar-refractivity contribution >= 4 is 15.9 Å². The third-order valence-corrected chi connectivity index (χ3v) is 3.05. The first-order valence-corrected chi connectivity index (χ1v) is 6.16. The van der Waals surface area contributed by atoms with Crippen molar-refractivity contribution in [1.82, 2.24) is 0 Å². The van der Waals surface area contributed by atoms with Crippen LogP contribution in [0.2, 0.25) is 0 Å². The molecular formula is C13H14BrNO2. The van der Waals surface area contributed by atoms with Gasteiger partial charge in [-0.2, -0.15) is 0 Å². The van der Waals surface area contributed by atoms with Gasteiger partial charge in [-0.1, -0.05) is 6.07 Å². The lowest BCUT2D eigenvalue weighted by atomic mass is 10.1. The predicted molar refractivity (Wildman–Crippen MR) is 69.8 cm³/mol. The van der Waals surface area contributed by atoms with E-state index >= 15 is 0 Å². The first kappa shape index (κ1) is 12.2. The van der Waals surface area contributed by atoms with Gasteiger partial charge in [0.1, 0.15) is 18.1 Å². The number of ether oxygens (including phenoxy) is 1. The van der Waals surface area contributed by atoms with Crippen molar-refractivity contribution in [2.75, 3.05) is 0 Å². The van der Waals surface area contributed by atoms with E-state index in [2.05, 4.69) is 15.9 Å². The van der Waals surface area contributed by atoms with E-state index in [-0.39, 0.29) is 6.04 Å². The Morgan fingerprint density at radius 3 is 2.82 bits per heavy atom. The zero-order chi connectivity index (χ0) is 12.3. The van der Waals surface area contributed by atoms with Crippen LogP contribution in [0.25, 0.3) is 0 Å². The summed E-state index contributed by atoms with van der Waals surface area (Å²) in [6, 6.07) is 9.59. The smallest absolute Gasteiger partial charge is 0.146 e. The predicted octanol–water partition coefficient (Wildman–Crippen LogP) is 3.64. The van der Waals surface area contributed by atoms with Gasteiger partial charge in [-0.15, -0.1) is 0 Å². The van der Waals surface area contributed by atoms with Gasteiger partial charge < -0.3 is 14.9 Å². The monoisotopic (exact) mass is 295 g/mol. The quantitative estimate of drug-likeness (QED) is 0.937. The second-order valence-corrected chi connectivity index (χ2v) is 4.70. The molecule has 0 saturated heterocycles. The number of hydrogen-bond acceptors (Lipinski definition) is 3. The molecule has 2 N–H and O–H groups in total. The molecule has 0 aliphatic rings. The average molecular weight is 296 g/mol. The summed E-state index contributed by atoms with van der Waals surface area (Å²) >= 11 is 3.47. The maximum Gasteiger partial charge on any atom is 0.146 e. The fraction of sp³-hybridized carbons (Fsp3) is 0.231. The number of rotatable bonds is 4. The van der Waals surface area contributed by atoms with E-state index < -0.39 is 0 Å². The van der Waals surface area contributed by atoms with Crippen LogP contribution < -0.4 is 10.5 Å². The third-order valence-electron chi connectivity index (χ3n) is 2.43. The van der Waals surface area contributed by atoms with E-state index in [1.54, 1.807) is 6.26 Å². The van der Waals surface area contributed by atoms with Gasteiger partial charge in [0.05, 0.1) is 10.7 Å². The van der Waals surface area contributed by atoms with Crippen molar-refractivity contribution in [2.24, 2.45) is 5.73 Å². The normalized spacial score (nSPS) is 12.4. The molecule has 0 bridgehead atoms. The second kappa shape index (κ2) is 5.38. The molecule has 4 heteroatoms. The number of benzene rings is 1. The topological polar surface area (TPSA) is 48.4 Å². The molecule has 90 valence electrons. The van der Waals surface area contributed by atoms with Crippen molar-refractivity contribution in [1.29, 1.82) is 0 Å². The summed E-state index contributed by atoms with van der Waals surface area (Å²) in [7, 11) is 0. The van der Waals surface area contributed by atoms with E-state index in [4.69, 9.17) is 14.9 Å². The van der Waals surface area contributed by atoms with E-state index in [0.717, 1.165) is 21.5 Å². The van der Waals surface area contributed by atoms with Crippen LogP contribution in [0, 0.1) is 0 Å². The Hall–Kier alpha value is -1.26. The van der Waals surface area contributed by atoms with Crippen LogP contribution in [0.3, 0.4) is 0 Å². The van der Waals surface area contributed by atoms with Crippen LogP contribution in [0.4, 0.5) is 0 Å². The number of furan rings is 1. The molecule has 0 fully saturated rings. The molecule has 2 rings (SSSR count). The van der Waals surface area contributed by atoms with Crippen molar-refractivity contribution in [3.63, 3.8) is 0 Å². The lowest BCUT2D eigenvalue weighted by Crippen LogP contribution is -2.05. The van der Waals surface area contributed by atoms with Crippen LogP contribution in [0.1, 0.15) is 24.3 Å². The summed E-state index contributed by atoms with van der Waals surface area (Å²) < 4.78 is 11.7. The fourth-order valence-corrected chi connectivity index (χ4v) is 1.97. The summed E-state index contributed by atoms with van der Waals surface area (Å²) in [6.45, 7) is 2.37. The summed E-state index contributed by atoms with van der Waals surface area (Å²) in [6.07, 6.45) is 1.63. The molecule has 17 heavy (non-hydrogen) atoms. The Morgan fingerprint density at radius 2 is 2.24 bits per heavy atom. The Morgan fingerprint density at radius 1 is 1.41 bits per heavy atom. The SMILES string of the molecule is C[C@@H](N)c1ccc(OCc2ccco2)c(Br)c1. The van der Waals surface area contributed by atoms with Crippen LogP contribution in [0.15, 0.2) is 45.5 Å². The molecule has 0 spiro atoms. The minimum atomic E-state index is 0.0189. The molecule has 0 unspecified atom stereocenters. The highest BCUT2D eigenvalue weighted by Crippen LogP contribution is 2.28. The molecule has 0 aliphatic carbocycles. The van der Waals surface area contributed by atoms with Crippen molar-refractivity contribution in [2.45, 2.75) is 19.6 Å². The second-order valence-electron chi connectivity index (χ2n) is 3.85. The number of halogens is 1. The zero-order valence-electron chi connectivity index (χ0n) is 9.52. The standard InChI is InChI=1S/C13H14BrNO2/c1-9(15)10-4-5-13(12(14)7-10)17-8-11-3-2-6-16-11/h2-7,9H,8,15H2,1H3/t9-/m1/s1. The van der Waals surface area contributed by atoms with Gasteiger partial charge in [0, 0.05) is 6.04 Å². The Labute approximate surface area is 109 Å². The average Bonchev–Trinajstić information content (AvgIpc) is 2.80. The largest absolute Gasteiger partial charge is 0.484 e. The lowest BCUT2D eigenvalue weighted by molar-refractivity contribution is 0.268. The van der Waals surface area contributed by atoms with Gasteiger partial charge in [-0.05, 0) is 52.7 Å². The van der Waals surface area contributed by atoms with Gasteiger partial charge >= 0.3 is 0 Å². The molecule has 0 aliphatic heterocycles. The van der Waals surface area contributed by atoms with Crippen LogP contribution >= 0.6 is 15.9 Å². The lowest BCUT2D eigenvalue weighted by Gasteiger charge is -2.10. The highest BCUT2D eigenvalue weighted by molar-refractivity contribution is 9.10. The molecule has 2 aromatic rings. The van der Waals surface area contributed by atoms with Crippen molar-refractivity contribution in [3.8, 4) is 5.75 Å². The fourth-order valence-electron chi connectivity index (χ4n) is 1.46. The Bertz CT molecular complexity index is 480. The maximum absolute atomic E-state index is 5.81. The maximum atomic E-state index is 5.81. The van der Waals surface area contributed by atoms with Crippen molar-refractivity contribution in [3.05, 3.63) is 52.4 Å². The molecule has 0 amide bonds. The summed E-state index contributed by atoms with van der Waals surface area (Å²) in [4.78, 5) is 0. The van der Waals surface area contributed by atoms with E-state index in [1.807, 2.05) is 37.3 Å². The van der Waals surface area contributed by atoms with Gasteiger partial charge in [0.25, 0.3) is 0 Å². The molecule has 0 saturated carbocycles. The molecule has 1 heterocycles. The third kappa shape index (κ3) is 3.11. The minimum Gasteiger partial charge on any atom is -0.484 e. The zero-order valence-corrected chi connectivity index (χ0v) is 11.1. The molecule has 1 aromatic heterocycles. The highest BCUT2D eigenvalue weighted by Gasteiger charge is 2.06. The molecule has 3 nitrogen and oxygen atoms in total. The van der Waals surface area contributed by atoms with Crippen molar-refractivity contribution < 1.29 is 9.15 Å². The van der Waals surface area contributed by atoms with Gasteiger partial charge in [0.2, 0.25) is 0 Å². The summed E-state index contributed by atoms with van der Waals surface area (Å²) in [5.74, 6) is 1.58. The molecular weight excluding hydrogens is 282 g/mol. The first-order chi connectivity index (χ1) is 8.16. The molecule has 1 atom stereocenters. The Kier molecular flexibility index (Phi) is 3.86. The molecule has 1 aromatic carbocycles. The Balaban J connectivity index is 2.06. The van der Waals surface area contributed by atoms with E-state index in [0.29, 0.717) is 6.61 Å². The van der Waals surface area contributed by atoms with Gasteiger partial charge in [-0.25, -0.2) is 0 Å². The van der Waals surface area contributed by atoms with Crippen LogP contribution in [-0.2, 0) is 6.61 Å². The summed E-state index contributed by atoms with van der Waals surface area (Å²) in [5.41, 5.74) is 6.88. The van der Waals surface area contributed by atoms with Crippen LogP contribution in [-0.4, -0.2) is 0 Å². The van der Waals surface area contributed by atoms with Crippen LogP contribution in [0.5, 0.6) is 5.75 Å². The van der Waals surface area contributed by atoms with Gasteiger partial charge in [-0.3, -0.25) is 0 Å². The molecule has 0 radical (unpaired) electrons. The number of hydrogen-bond donors (Lipinski definition) is 1. The van der Waals surface area contributed by atoms with E-state index in [1.165, 1.54) is 0 Å². The first-order valence-electron chi connectivity index (χ1n) is 5.37. The minimum absolute atomic E-state index is 0.0189. The number of nitrogens with two attached hydrogens (primary N) is 1. The van der Waals surface area contributed by atoms with E-state index in [9.17, 15) is 0 Å².